The average molecular weight is 435 g/mol. The van der Waals surface area contributed by atoms with Crippen molar-refractivity contribution < 1.29 is 27.4 Å². The summed E-state index contributed by atoms with van der Waals surface area (Å²) in [4.78, 5) is 12.5. The van der Waals surface area contributed by atoms with E-state index in [9.17, 15) is 13.2 Å². The number of rotatable bonds is 8. The summed E-state index contributed by atoms with van der Waals surface area (Å²) in [7, 11) is 0.895. The highest BCUT2D eigenvalue weighted by Crippen LogP contribution is 2.30. The first-order valence-corrected chi connectivity index (χ1v) is 11.0. The van der Waals surface area contributed by atoms with Crippen LogP contribution < -0.4 is 19.5 Å². The highest BCUT2D eigenvalue weighted by Gasteiger charge is 2.22. The molecule has 1 N–H and O–H groups in total. The fourth-order valence-electron chi connectivity index (χ4n) is 3.05. The number of amides is 1. The Bertz CT molecular complexity index is 1010. The van der Waals surface area contributed by atoms with Crippen LogP contribution in [0.2, 0.25) is 0 Å². The third-order valence-corrected chi connectivity index (χ3v) is 6.56. The molecule has 9 heteroatoms. The van der Waals surface area contributed by atoms with E-state index in [0.29, 0.717) is 42.4 Å². The van der Waals surface area contributed by atoms with Crippen LogP contribution in [0.3, 0.4) is 0 Å². The Morgan fingerprint density at radius 2 is 1.93 bits per heavy atom. The maximum atomic E-state index is 12.4. The molecule has 30 heavy (non-hydrogen) atoms. The van der Waals surface area contributed by atoms with E-state index in [1.165, 1.54) is 27.3 Å². The van der Waals surface area contributed by atoms with Crippen LogP contribution in [0.15, 0.2) is 47.4 Å². The molecule has 1 atom stereocenters. The highest BCUT2D eigenvalue weighted by molar-refractivity contribution is 7.89. The zero-order valence-corrected chi connectivity index (χ0v) is 18.1. The minimum atomic E-state index is -3.57. The van der Waals surface area contributed by atoms with E-state index in [0.717, 1.165) is 4.31 Å². The van der Waals surface area contributed by atoms with E-state index >= 15 is 0 Å². The van der Waals surface area contributed by atoms with E-state index in [4.69, 9.17) is 14.2 Å². The molecule has 0 fully saturated rings. The summed E-state index contributed by atoms with van der Waals surface area (Å²) < 4.78 is 42.7. The number of benzene rings is 2. The van der Waals surface area contributed by atoms with Gasteiger partial charge in [-0.05, 0) is 42.3 Å². The van der Waals surface area contributed by atoms with Gasteiger partial charge in [-0.1, -0.05) is 12.1 Å². The second-order valence-electron chi connectivity index (χ2n) is 7.06. The van der Waals surface area contributed by atoms with Gasteiger partial charge in [-0.15, -0.1) is 0 Å². The second kappa shape index (κ2) is 9.36. The van der Waals surface area contributed by atoms with Crippen molar-refractivity contribution in [2.45, 2.75) is 23.8 Å². The van der Waals surface area contributed by atoms with Crippen LogP contribution in [0.4, 0.5) is 0 Å². The van der Waals surface area contributed by atoms with Crippen LogP contribution in [-0.2, 0) is 21.2 Å². The van der Waals surface area contributed by atoms with E-state index < -0.39 is 10.0 Å². The Kier molecular flexibility index (Phi) is 6.84. The molecule has 0 aliphatic carbocycles. The van der Waals surface area contributed by atoms with Crippen molar-refractivity contribution in [3.63, 3.8) is 0 Å². The van der Waals surface area contributed by atoms with Crippen LogP contribution >= 0.6 is 0 Å². The second-order valence-corrected chi connectivity index (χ2v) is 9.21. The Labute approximate surface area is 176 Å². The van der Waals surface area contributed by atoms with Crippen molar-refractivity contribution in [2.24, 2.45) is 0 Å². The summed E-state index contributed by atoms with van der Waals surface area (Å²) in [6.07, 6.45) is 0.259. The molecule has 0 bridgehead atoms. The third kappa shape index (κ3) is 5.03. The lowest BCUT2D eigenvalue weighted by atomic mass is 10.1. The third-order valence-electron chi connectivity index (χ3n) is 4.75. The minimum absolute atomic E-state index is 0.162. The number of fused-ring (bicyclic) bond motifs is 1. The monoisotopic (exact) mass is 434 g/mol. The molecule has 2 aromatic rings. The first-order chi connectivity index (χ1) is 14.3. The molecule has 0 saturated heterocycles. The largest absolute Gasteiger partial charge is 0.496 e. The summed E-state index contributed by atoms with van der Waals surface area (Å²) in [6, 6.07) is 12.0. The van der Waals surface area contributed by atoms with Crippen LogP contribution in [0, 0.1) is 0 Å². The molecule has 0 saturated carbocycles. The van der Waals surface area contributed by atoms with Gasteiger partial charge in [-0.25, -0.2) is 12.7 Å². The molecule has 162 valence electrons. The summed E-state index contributed by atoms with van der Waals surface area (Å²) in [5.74, 6) is 1.73. The van der Waals surface area contributed by atoms with Crippen molar-refractivity contribution in [3.8, 4) is 17.2 Å². The van der Waals surface area contributed by atoms with Gasteiger partial charge in [-0.3, -0.25) is 4.79 Å². The van der Waals surface area contributed by atoms with Crippen LogP contribution in [0.1, 0.15) is 12.0 Å². The van der Waals surface area contributed by atoms with Gasteiger partial charge >= 0.3 is 0 Å². The normalized spacial score (nSPS) is 15.7. The van der Waals surface area contributed by atoms with Gasteiger partial charge in [-0.2, -0.15) is 0 Å². The van der Waals surface area contributed by atoms with Crippen molar-refractivity contribution in [1.82, 2.24) is 9.62 Å². The summed E-state index contributed by atoms with van der Waals surface area (Å²) in [5, 5.41) is 2.84. The fraction of sp³-hybridized carbons (Fsp3) is 0.381. The number of methoxy groups -OCH3 is 1. The quantitative estimate of drug-likeness (QED) is 0.681. The first-order valence-electron chi connectivity index (χ1n) is 9.56. The zero-order valence-electron chi connectivity index (χ0n) is 17.3. The molecule has 0 spiro atoms. The van der Waals surface area contributed by atoms with E-state index in [1.807, 2.05) is 24.3 Å². The Balaban J connectivity index is 1.57. The zero-order chi connectivity index (χ0) is 21.7. The number of hydrogen-bond acceptors (Lipinski definition) is 6. The maximum absolute atomic E-state index is 12.4. The van der Waals surface area contributed by atoms with Crippen molar-refractivity contribution in [1.29, 1.82) is 0 Å². The molecule has 0 aromatic heterocycles. The van der Waals surface area contributed by atoms with Crippen molar-refractivity contribution in [2.75, 3.05) is 34.4 Å². The molecular formula is C21H26N2O6S. The topological polar surface area (TPSA) is 94.2 Å². The molecule has 1 aliphatic rings. The number of nitrogens with zero attached hydrogens (tertiary/aromatic N) is 1. The van der Waals surface area contributed by atoms with Gasteiger partial charge in [0.25, 0.3) is 0 Å². The summed E-state index contributed by atoms with van der Waals surface area (Å²) in [6.45, 7) is 0.676. The lowest BCUT2D eigenvalue weighted by molar-refractivity contribution is -0.121. The van der Waals surface area contributed by atoms with Gasteiger partial charge in [0.15, 0.2) is 11.5 Å². The fourth-order valence-corrected chi connectivity index (χ4v) is 4.00. The molecule has 8 nitrogen and oxygen atoms in total. The molecule has 1 heterocycles. The molecule has 2 aromatic carbocycles. The van der Waals surface area contributed by atoms with Gasteiger partial charge in [0.2, 0.25) is 15.9 Å². The maximum Gasteiger partial charge on any atom is 0.242 e. The highest BCUT2D eigenvalue weighted by atomic mass is 32.2. The predicted molar refractivity (Wildman–Crippen MR) is 112 cm³/mol. The van der Waals surface area contributed by atoms with E-state index in [2.05, 4.69) is 5.32 Å². The molecule has 1 amide bonds. The number of nitrogens with one attached hydrogen (secondary N) is 1. The standard InChI is InChI=1S/C21H26N2O6S/c1-23(2)30(25,26)17-9-10-18(27-3)15(12-17)8-11-21(24)22-13-16-14-28-19-6-4-5-7-20(19)29-16/h4-7,9-10,12,16H,8,11,13-14H2,1-3H3,(H,22,24)/t16-/m1/s1. The minimum Gasteiger partial charge on any atom is -0.496 e. The molecule has 3 rings (SSSR count). The average Bonchev–Trinajstić information content (AvgIpc) is 2.75. The predicted octanol–water partition coefficient (Wildman–Crippen LogP) is 1.83. The Hall–Kier alpha value is -2.78. The van der Waals surface area contributed by atoms with Crippen LogP contribution in [0.25, 0.3) is 0 Å². The van der Waals surface area contributed by atoms with Gasteiger partial charge in [0, 0.05) is 20.5 Å². The lowest BCUT2D eigenvalue weighted by Gasteiger charge is -2.26. The number of para-hydroxylation sites is 2. The van der Waals surface area contributed by atoms with Crippen molar-refractivity contribution >= 4 is 15.9 Å². The Morgan fingerprint density at radius 1 is 1.20 bits per heavy atom. The van der Waals surface area contributed by atoms with Gasteiger partial charge < -0.3 is 19.5 Å². The number of carbonyl (C=O) groups is 1. The van der Waals surface area contributed by atoms with Gasteiger partial charge in [0.1, 0.15) is 18.5 Å². The van der Waals surface area contributed by atoms with Gasteiger partial charge in [0.05, 0.1) is 18.6 Å². The van der Waals surface area contributed by atoms with E-state index in [1.54, 1.807) is 12.1 Å². The Morgan fingerprint density at radius 3 is 2.63 bits per heavy atom. The molecule has 0 radical (unpaired) electrons. The number of hydrogen-bond donors (Lipinski definition) is 1. The molecule has 1 aliphatic heterocycles. The van der Waals surface area contributed by atoms with Crippen LogP contribution in [-0.4, -0.2) is 59.1 Å². The number of sulfonamides is 1. The SMILES string of the molecule is COc1ccc(S(=O)(=O)N(C)C)cc1CCC(=O)NC[C@@H]1COc2ccccc2O1. The smallest absolute Gasteiger partial charge is 0.242 e. The summed E-state index contributed by atoms with van der Waals surface area (Å²) in [5.41, 5.74) is 0.654. The summed E-state index contributed by atoms with van der Waals surface area (Å²) >= 11 is 0. The number of aryl methyl sites for hydroxylation is 1. The number of carbonyl (C=O) groups excluding carboxylic acids is 1. The number of ether oxygens (including phenoxy) is 3. The molecule has 0 unspecified atom stereocenters. The van der Waals surface area contributed by atoms with E-state index in [-0.39, 0.29) is 23.3 Å². The lowest BCUT2D eigenvalue weighted by Crippen LogP contribution is -2.40. The molecular weight excluding hydrogens is 408 g/mol. The first kappa shape index (κ1) is 21.9. The van der Waals surface area contributed by atoms with Crippen molar-refractivity contribution in [3.05, 3.63) is 48.0 Å². The van der Waals surface area contributed by atoms with Crippen LogP contribution in [0.5, 0.6) is 17.2 Å².